The number of fused-ring (bicyclic) bond motifs is 1. The summed E-state index contributed by atoms with van der Waals surface area (Å²) in [4.78, 5) is 0. The molecule has 0 bridgehead atoms. The SMILES string of the molecule is C=C1Cc2ccccc2CC1C. The molecule has 0 N–H and O–H groups in total. The van der Waals surface area contributed by atoms with Crippen LogP contribution in [0, 0.1) is 5.92 Å². The lowest BCUT2D eigenvalue weighted by Gasteiger charge is -2.23. The molecule has 0 saturated carbocycles. The Morgan fingerprint density at radius 3 is 2.67 bits per heavy atom. The van der Waals surface area contributed by atoms with E-state index in [-0.39, 0.29) is 0 Å². The van der Waals surface area contributed by atoms with Crippen LogP contribution in [-0.2, 0) is 12.8 Å². The van der Waals surface area contributed by atoms with Crippen LogP contribution in [0.5, 0.6) is 0 Å². The van der Waals surface area contributed by atoms with E-state index in [2.05, 4.69) is 37.8 Å². The molecule has 1 aromatic rings. The third kappa shape index (κ3) is 1.18. The molecular weight excluding hydrogens is 144 g/mol. The van der Waals surface area contributed by atoms with Crippen molar-refractivity contribution in [2.24, 2.45) is 5.92 Å². The van der Waals surface area contributed by atoms with E-state index in [4.69, 9.17) is 0 Å². The molecule has 2 rings (SSSR count). The van der Waals surface area contributed by atoms with E-state index in [0.717, 1.165) is 6.42 Å². The van der Waals surface area contributed by atoms with Crippen LogP contribution < -0.4 is 0 Å². The Morgan fingerprint density at radius 2 is 1.92 bits per heavy atom. The minimum absolute atomic E-state index is 0.667. The lowest BCUT2D eigenvalue weighted by atomic mass is 9.82. The van der Waals surface area contributed by atoms with Crippen LogP contribution in [0.4, 0.5) is 0 Å². The van der Waals surface area contributed by atoms with Crippen molar-refractivity contribution >= 4 is 0 Å². The number of hydrogen-bond acceptors (Lipinski definition) is 0. The minimum atomic E-state index is 0.667. The number of hydrogen-bond donors (Lipinski definition) is 0. The van der Waals surface area contributed by atoms with Gasteiger partial charge in [-0.3, -0.25) is 0 Å². The van der Waals surface area contributed by atoms with Crippen LogP contribution in [0.1, 0.15) is 18.1 Å². The molecule has 1 aliphatic carbocycles. The largest absolute Gasteiger partial charge is 0.0992 e. The van der Waals surface area contributed by atoms with Crippen LogP contribution in [0.2, 0.25) is 0 Å². The number of allylic oxidation sites excluding steroid dienone is 1. The highest BCUT2D eigenvalue weighted by molar-refractivity contribution is 5.35. The molecule has 0 fully saturated rings. The quantitative estimate of drug-likeness (QED) is 0.509. The molecule has 0 nitrogen and oxygen atoms in total. The Labute approximate surface area is 73.9 Å². The number of rotatable bonds is 0. The summed E-state index contributed by atoms with van der Waals surface area (Å²) in [6.45, 7) is 6.36. The second-order valence-corrected chi connectivity index (χ2v) is 3.71. The molecule has 1 aliphatic rings. The Kier molecular flexibility index (Phi) is 1.76. The second-order valence-electron chi connectivity index (χ2n) is 3.71. The average molecular weight is 158 g/mol. The summed E-state index contributed by atoms with van der Waals surface area (Å²) in [7, 11) is 0. The van der Waals surface area contributed by atoms with E-state index in [1.807, 2.05) is 0 Å². The van der Waals surface area contributed by atoms with Gasteiger partial charge in [0.15, 0.2) is 0 Å². The first-order valence-corrected chi connectivity index (χ1v) is 4.52. The third-order valence-corrected chi connectivity index (χ3v) is 2.76. The maximum atomic E-state index is 4.09. The summed E-state index contributed by atoms with van der Waals surface area (Å²) in [6, 6.07) is 8.69. The van der Waals surface area contributed by atoms with Crippen LogP contribution in [0.25, 0.3) is 0 Å². The van der Waals surface area contributed by atoms with E-state index < -0.39 is 0 Å². The van der Waals surface area contributed by atoms with E-state index in [9.17, 15) is 0 Å². The van der Waals surface area contributed by atoms with Crippen molar-refractivity contribution in [1.29, 1.82) is 0 Å². The first kappa shape index (κ1) is 7.60. The topological polar surface area (TPSA) is 0 Å². The Morgan fingerprint density at radius 1 is 1.25 bits per heavy atom. The van der Waals surface area contributed by atoms with E-state index in [1.54, 1.807) is 0 Å². The lowest BCUT2D eigenvalue weighted by Crippen LogP contribution is -2.13. The highest BCUT2D eigenvalue weighted by Gasteiger charge is 2.16. The summed E-state index contributed by atoms with van der Waals surface area (Å²) in [5.41, 5.74) is 4.37. The fraction of sp³-hybridized carbons (Fsp3) is 0.333. The van der Waals surface area contributed by atoms with Gasteiger partial charge in [0.1, 0.15) is 0 Å². The van der Waals surface area contributed by atoms with Crippen LogP contribution in [0.3, 0.4) is 0 Å². The highest BCUT2D eigenvalue weighted by Crippen LogP contribution is 2.27. The van der Waals surface area contributed by atoms with Gasteiger partial charge in [-0.25, -0.2) is 0 Å². The Hall–Kier alpha value is -1.04. The Bertz CT molecular complexity index is 310. The molecule has 0 heterocycles. The maximum Gasteiger partial charge on any atom is -0.00643 e. The number of benzene rings is 1. The molecule has 1 aromatic carbocycles. The first-order chi connectivity index (χ1) is 5.77. The second kappa shape index (κ2) is 2.78. The summed E-state index contributed by atoms with van der Waals surface area (Å²) >= 11 is 0. The molecule has 0 heteroatoms. The van der Waals surface area contributed by atoms with Crippen molar-refractivity contribution in [2.45, 2.75) is 19.8 Å². The molecule has 62 valence electrons. The van der Waals surface area contributed by atoms with Crippen LogP contribution >= 0.6 is 0 Å². The normalized spacial score (nSPS) is 22.1. The van der Waals surface area contributed by atoms with Gasteiger partial charge in [0.2, 0.25) is 0 Å². The predicted molar refractivity (Wildman–Crippen MR) is 52.2 cm³/mol. The van der Waals surface area contributed by atoms with Gasteiger partial charge in [0.25, 0.3) is 0 Å². The molecule has 12 heavy (non-hydrogen) atoms. The van der Waals surface area contributed by atoms with Gasteiger partial charge >= 0.3 is 0 Å². The van der Waals surface area contributed by atoms with Crippen molar-refractivity contribution in [1.82, 2.24) is 0 Å². The summed E-state index contributed by atoms with van der Waals surface area (Å²) in [6.07, 6.45) is 2.26. The monoisotopic (exact) mass is 158 g/mol. The van der Waals surface area contributed by atoms with E-state index in [1.165, 1.54) is 23.1 Å². The highest BCUT2D eigenvalue weighted by atomic mass is 14.2. The summed E-state index contributed by atoms with van der Waals surface area (Å²) < 4.78 is 0. The van der Waals surface area contributed by atoms with E-state index >= 15 is 0 Å². The average Bonchev–Trinajstić information content (AvgIpc) is 2.07. The fourth-order valence-corrected chi connectivity index (χ4v) is 1.82. The van der Waals surface area contributed by atoms with Gasteiger partial charge in [-0.05, 0) is 29.9 Å². The zero-order valence-electron chi connectivity index (χ0n) is 7.51. The molecule has 0 amide bonds. The smallest absolute Gasteiger partial charge is 0.00643 e. The van der Waals surface area contributed by atoms with E-state index in [0.29, 0.717) is 5.92 Å². The van der Waals surface area contributed by atoms with Gasteiger partial charge in [0.05, 0.1) is 0 Å². The van der Waals surface area contributed by atoms with Crippen molar-refractivity contribution in [3.63, 3.8) is 0 Å². The van der Waals surface area contributed by atoms with Crippen molar-refractivity contribution in [3.05, 3.63) is 47.5 Å². The molecule has 0 spiro atoms. The molecule has 0 saturated heterocycles. The zero-order valence-corrected chi connectivity index (χ0v) is 7.51. The first-order valence-electron chi connectivity index (χ1n) is 4.52. The van der Waals surface area contributed by atoms with Gasteiger partial charge in [0, 0.05) is 0 Å². The predicted octanol–water partition coefficient (Wildman–Crippen LogP) is 2.98. The lowest BCUT2D eigenvalue weighted by molar-refractivity contribution is 0.630. The summed E-state index contributed by atoms with van der Waals surface area (Å²) in [5.74, 6) is 0.667. The molecule has 1 unspecified atom stereocenters. The molecular formula is C12H14. The van der Waals surface area contributed by atoms with Gasteiger partial charge in [-0.1, -0.05) is 43.3 Å². The molecule has 0 aliphatic heterocycles. The van der Waals surface area contributed by atoms with Crippen molar-refractivity contribution < 1.29 is 0 Å². The van der Waals surface area contributed by atoms with Crippen molar-refractivity contribution in [3.8, 4) is 0 Å². The van der Waals surface area contributed by atoms with Crippen LogP contribution in [0.15, 0.2) is 36.4 Å². The van der Waals surface area contributed by atoms with Gasteiger partial charge in [-0.15, -0.1) is 0 Å². The zero-order chi connectivity index (χ0) is 8.55. The molecule has 1 atom stereocenters. The Balaban J connectivity index is 2.40. The third-order valence-electron chi connectivity index (χ3n) is 2.76. The summed E-state index contributed by atoms with van der Waals surface area (Å²) in [5, 5.41) is 0. The standard InChI is InChI=1S/C12H14/c1-9-7-11-5-3-4-6-12(11)8-10(9)2/h3-6,10H,1,7-8H2,2H3. The van der Waals surface area contributed by atoms with Gasteiger partial charge in [-0.2, -0.15) is 0 Å². The van der Waals surface area contributed by atoms with Gasteiger partial charge < -0.3 is 0 Å². The minimum Gasteiger partial charge on any atom is -0.0992 e. The maximum absolute atomic E-state index is 4.09. The molecule has 0 aromatic heterocycles. The van der Waals surface area contributed by atoms with Crippen molar-refractivity contribution in [2.75, 3.05) is 0 Å². The molecule has 0 radical (unpaired) electrons. The van der Waals surface area contributed by atoms with Crippen LogP contribution in [-0.4, -0.2) is 0 Å². The fourth-order valence-electron chi connectivity index (χ4n) is 1.82.